The van der Waals surface area contributed by atoms with E-state index in [4.69, 9.17) is 34.8 Å². The lowest BCUT2D eigenvalue weighted by Crippen LogP contribution is -2.33. The third-order valence-electron chi connectivity index (χ3n) is 3.23. The van der Waals surface area contributed by atoms with E-state index >= 15 is 0 Å². The molecule has 0 atom stereocenters. The van der Waals surface area contributed by atoms with Crippen LogP contribution in [0.5, 0.6) is 0 Å². The average Bonchev–Trinajstić information content (AvgIpc) is 3.05. The number of hydrogen-bond acceptors (Lipinski definition) is 6. The SMILES string of the molecule is O=S(=O)(Nc1cccc(C2NNNN2)c1)c1cc(Cl)c(Cl)cc1Cl. The third kappa shape index (κ3) is 3.76. The monoisotopic (exact) mass is 407 g/mol. The van der Waals surface area contributed by atoms with Crippen molar-refractivity contribution in [2.45, 2.75) is 11.1 Å². The molecule has 0 aliphatic carbocycles. The zero-order valence-corrected chi connectivity index (χ0v) is 15.0. The standard InChI is InChI=1S/C13H12Cl3N5O2S/c14-9-5-11(16)12(6-10(9)15)24(22,23)19-8-3-1-2-7(4-8)13-17-20-21-18-13/h1-6,13,17-21H. The second-order valence-corrected chi connectivity index (χ2v) is 7.77. The van der Waals surface area contributed by atoms with Crippen LogP contribution in [-0.2, 0) is 10.0 Å². The van der Waals surface area contributed by atoms with Gasteiger partial charge in [0.15, 0.2) is 0 Å². The summed E-state index contributed by atoms with van der Waals surface area (Å²) in [6, 6.07) is 9.38. The Bertz CT molecular complexity index is 872. The molecule has 1 aliphatic rings. The van der Waals surface area contributed by atoms with Crippen LogP contribution in [0.1, 0.15) is 11.7 Å². The van der Waals surface area contributed by atoms with E-state index in [2.05, 4.69) is 26.6 Å². The van der Waals surface area contributed by atoms with Gasteiger partial charge in [-0.25, -0.2) is 19.3 Å². The molecule has 24 heavy (non-hydrogen) atoms. The molecular formula is C13H12Cl3N5O2S. The van der Waals surface area contributed by atoms with Gasteiger partial charge in [0.25, 0.3) is 10.0 Å². The number of anilines is 1. The van der Waals surface area contributed by atoms with Crippen molar-refractivity contribution in [2.24, 2.45) is 0 Å². The maximum absolute atomic E-state index is 12.6. The van der Waals surface area contributed by atoms with Crippen LogP contribution in [0.3, 0.4) is 0 Å². The van der Waals surface area contributed by atoms with E-state index in [9.17, 15) is 8.42 Å². The molecule has 11 heteroatoms. The van der Waals surface area contributed by atoms with Gasteiger partial charge in [-0.05, 0) is 29.8 Å². The van der Waals surface area contributed by atoms with Crippen molar-refractivity contribution in [3.63, 3.8) is 0 Å². The summed E-state index contributed by atoms with van der Waals surface area (Å²) in [7, 11) is -3.92. The Kier molecular flexibility index (Phi) is 5.19. The Balaban J connectivity index is 1.90. The van der Waals surface area contributed by atoms with E-state index < -0.39 is 10.0 Å². The molecule has 1 heterocycles. The van der Waals surface area contributed by atoms with E-state index in [1.165, 1.54) is 12.1 Å². The highest BCUT2D eigenvalue weighted by molar-refractivity contribution is 7.92. The number of benzene rings is 2. The lowest BCUT2D eigenvalue weighted by Gasteiger charge is -2.13. The number of rotatable bonds is 4. The van der Waals surface area contributed by atoms with Crippen LogP contribution in [0, 0.1) is 0 Å². The van der Waals surface area contributed by atoms with Gasteiger partial charge in [0.1, 0.15) is 11.1 Å². The van der Waals surface area contributed by atoms with Gasteiger partial charge in [-0.2, -0.15) is 11.1 Å². The average molecular weight is 409 g/mol. The zero-order valence-electron chi connectivity index (χ0n) is 11.9. The minimum Gasteiger partial charge on any atom is -0.280 e. The lowest BCUT2D eigenvalue weighted by atomic mass is 10.1. The molecule has 0 radical (unpaired) electrons. The highest BCUT2D eigenvalue weighted by atomic mass is 35.5. The van der Waals surface area contributed by atoms with E-state index in [1.54, 1.807) is 18.2 Å². The topological polar surface area (TPSA) is 94.3 Å². The molecule has 5 N–H and O–H groups in total. The molecule has 0 spiro atoms. The molecule has 1 saturated heterocycles. The summed E-state index contributed by atoms with van der Waals surface area (Å²) in [5, 5.41) is 0.272. The van der Waals surface area contributed by atoms with Crippen LogP contribution < -0.4 is 26.6 Å². The summed E-state index contributed by atoms with van der Waals surface area (Å²) < 4.78 is 27.6. The Morgan fingerprint density at radius 3 is 2.29 bits per heavy atom. The molecule has 128 valence electrons. The molecule has 0 aromatic heterocycles. The van der Waals surface area contributed by atoms with Crippen LogP contribution in [0.2, 0.25) is 15.1 Å². The number of hydrogen-bond donors (Lipinski definition) is 5. The lowest BCUT2D eigenvalue weighted by molar-refractivity contribution is 0.555. The normalized spacial score (nSPS) is 15.6. The van der Waals surface area contributed by atoms with Crippen molar-refractivity contribution in [3.8, 4) is 0 Å². The van der Waals surface area contributed by atoms with Crippen molar-refractivity contribution in [2.75, 3.05) is 4.72 Å². The quantitative estimate of drug-likeness (QED) is 0.499. The first-order valence-corrected chi connectivity index (χ1v) is 9.27. The molecule has 0 unspecified atom stereocenters. The highest BCUT2D eigenvalue weighted by Crippen LogP contribution is 2.32. The zero-order chi connectivity index (χ0) is 17.3. The summed E-state index contributed by atoms with van der Waals surface area (Å²) >= 11 is 17.7. The molecule has 0 saturated carbocycles. The van der Waals surface area contributed by atoms with Crippen LogP contribution in [-0.4, -0.2) is 8.42 Å². The van der Waals surface area contributed by atoms with Crippen molar-refractivity contribution in [1.29, 1.82) is 0 Å². The van der Waals surface area contributed by atoms with Gasteiger partial charge < -0.3 is 0 Å². The maximum atomic E-state index is 12.6. The predicted molar refractivity (Wildman–Crippen MR) is 94.0 cm³/mol. The van der Waals surface area contributed by atoms with E-state index in [0.717, 1.165) is 5.56 Å². The Hall–Kier alpha value is -1.10. The largest absolute Gasteiger partial charge is 0.280 e. The fourth-order valence-electron chi connectivity index (χ4n) is 2.12. The molecule has 2 aromatic rings. The van der Waals surface area contributed by atoms with E-state index in [-0.39, 0.29) is 26.1 Å². The number of sulfonamides is 1. The molecule has 2 aromatic carbocycles. The van der Waals surface area contributed by atoms with Gasteiger partial charge in [0, 0.05) is 5.69 Å². The first-order valence-electron chi connectivity index (χ1n) is 6.65. The fraction of sp³-hybridized carbons (Fsp3) is 0.0769. The van der Waals surface area contributed by atoms with Crippen molar-refractivity contribution < 1.29 is 8.42 Å². The van der Waals surface area contributed by atoms with Gasteiger partial charge in [-0.1, -0.05) is 46.9 Å². The van der Waals surface area contributed by atoms with E-state index in [1.807, 2.05) is 6.07 Å². The smallest absolute Gasteiger partial charge is 0.263 e. The molecule has 1 fully saturated rings. The molecule has 0 bridgehead atoms. The van der Waals surface area contributed by atoms with Crippen LogP contribution >= 0.6 is 34.8 Å². The van der Waals surface area contributed by atoms with Gasteiger partial charge in [0.05, 0.1) is 15.1 Å². The third-order valence-corrected chi connectivity index (χ3v) is 5.80. The Morgan fingerprint density at radius 2 is 1.58 bits per heavy atom. The number of nitrogens with one attached hydrogen (secondary N) is 5. The van der Waals surface area contributed by atoms with Crippen molar-refractivity contribution in [3.05, 3.63) is 57.0 Å². The van der Waals surface area contributed by atoms with Crippen LogP contribution in [0.4, 0.5) is 5.69 Å². The second kappa shape index (κ2) is 7.03. The number of halogens is 3. The minimum atomic E-state index is -3.92. The van der Waals surface area contributed by atoms with Gasteiger partial charge in [0.2, 0.25) is 0 Å². The van der Waals surface area contributed by atoms with Gasteiger partial charge in [-0.3, -0.25) is 4.72 Å². The maximum Gasteiger partial charge on any atom is 0.263 e. The second-order valence-electron chi connectivity index (χ2n) is 4.90. The van der Waals surface area contributed by atoms with Crippen LogP contribution in [0.15, 0.2) is 41.3 Å². The summed E-state index contributed by atoms with van der Waals surface area (Å²) in [5.41, 5.74) is 12.4. The first-order chi connectivity index (χ1) is 11.4. The van der Waals surface area contributed by atoms with E-state index in [0.29, 0.717) is 5.69 Å². The van der Waals surface area contributed by atoms with Crippen molar-refractivity contribution in [1.82, 2.24) is 21.9 Å². The van der Waals surface area contributed by atoms with Crippen molar-refractivity contribution >= 4 is 50.5 Å². The fourth-order valence-corrected chi connectivity index (χ4v) is 4.17. The summed E-state index contributed by atoms with van der Waals surface area (Å²) in [6.07, 6.45) is -0.219. The summed E-state index contributed by atoms with van der Waals surface area (Å²) in [4.78, 5) is -0.149. The Morgan fingerprint density at radius 1 is 0.917 bits per heavy atom. The molecule has 7 nitrogen and oxygen atoms in total. The summed E-state index contributed by atoms with van der Waals surface area (Å²) in [5.74, 6) is 0. The van der Waals surface area contributed by atoms with Gasteiger partial charge in [-0.15, -0.1) is 0 Å². The van der Waals surface area contributed by atoms with Gasteiger partial charge >= 0.3 is 0 Å². The number of hydrazine groups is 3. The predicted octanol–water partition coefficient (Wildman–Crippen LogP) is 2.56. The highest BCUT2D eigenvalue weighted by Gasteiger charge is 2.21. The Labute approximate surface area is 153 Å². The first kappa shape index (κ1) is 17.7. The molecular weight excluding hydrogens is 397 g/mol. The summed E-state index contributed by atoms with van der Waals surface area (Å²) in [6.45, 7) is 0. The molecule has 1 aliphatic heterocycles. The molecule has 0 amide bonds. The minimum absolute atomic E-state index is 0.0134. The van der Waals surface area contributed by atoms with Crippen LogP contribution in [0.25, 0.3) is 0 Å². The molecule has 3 rings (SSSR count).